The minimum Gasteiger partial charge on any atom is -0.342 e. The van der Waals surface area contributed by atoms with Crippen molar-refractivity contribution in [3.8, 4) is 0 Å². The zero-order valence-corrected chi connectivity index (χ0v) is 14.6. The van der Waals surface area contributed by atoms with Gasteiger partial charge in [0.05, 0.1) is 0 Å². The number of halogens is 3. The van der Waals surface area contributed by atoms with Crippen LogP contribution in [0.4, 0.5) is 18.0 Å². The maximum atomic E-state index is 12.8. The fraction of sp³-hybridized carbons (Fsp3) is 0.647. The maximum Gasteiger partial charge on any atom is 0.413 e. The van der Waals surface area contributed by atoms with Crippen LogP contribution in [0.3, 0.4) is 0 Å². The molecule has 0 radical (unpaired) electrons. The average Bonchev–Trinajstić information content (AvgIpc) is 2.88. The summed E-state index contributed by atoms with van der Waals surface area (Å²) in [6.07, 6.45) is -0.849. The molecule has 1 unspecified atom stereocenters. The van der Waals surface area contributed by atoms with Gasteiger partial charge in [0.1, 0.15) is 0 Å². The monoisotopic (exact) mass is 359 g/mol. The molecule has 0 bridgehead atoms. The Bertz CT molecular complexity index is 588. The van der Waals surface area contributed by atoms with Crippen molar-refractivity contribution in [1.82, 2.24) is 15.5 Å². The fourth-order valence-electron chi connectivity index (χ4n) is 3.09. The predicted molar refractivity (Wildman–Crippen MR) is 87.5 cm³/mol. The summed E-state index contributed by atoms with van der Waals surface area (Å²) < 4.78 is 38.4. The largest absolute Gasteiger partial charge is 0.413 e. The first-order chi connectivity index (χ1) is 11.6. The third-order valence-electron chi connectivity index (χ3n) is 4.60. The van der Waals surface area contributed by atoms with E-state index in [2.05, 4.69) is 10.6 Å². The Morgan fingerprint density at radius 1 is 1.20 bits per heavy atom. The third kappa shape index (κ3) is 4.76. The minimum atomic E-state index is -4.40. The third-order valence-corrected chi connectivity index (χ3v) is 4.60. The normalized spacial score (nSPS) is 21.9. The van der Waals surface area contributed by atoms with Crippen molar-refractivity contribution in [3.05, 3.63) is 23.4 Å². The van der Waals surface area contributed by atoms with Gasteiger partial charge in [-0.25, -0.2) is 4.79 Å². The molecule has 0 aromatic rings. The molecular formula is C17H24F3N3O2. The Kier molecular flexibility index (Phi) is 5.80. The first-order valence-corrected chi connectivity index (χ1v) is 8.45. The summed E-state index contributed by atoms with van der Waals surface area (Å²) >= 11 is 0. The maximum absolute atomic E-state index is 12.8. The molecule has 3 amide bonds. The Labute approximate surface area is 145 Å². The Morgan fingerprint density at radius 3 is 2.28 bits per heavy atom. The van der Waals surface area contributed by atoms with Crippen molar-refractivity contribution >= 4 is 11.9 Å². The molecule has 1 aliphatic heterocycles. The lowest BCUT2D eigenvalue weighted by molar-refractivity contribution is -0.135. The SMILES string of the molecule is CC(C)C(=O)N1CCC(NC(=O)NC2=CC=C(C(F)(F)F)C2C)CC1. The standard InChI is InChI=1S/C17H24F3N3O2/c1-10(2)15(24)23-8-6-12(7-9-23)21-16(25)22-14-5-4-13(11(14)3)17(18,19)20/h4-5,10-12H,6-9H2,1-3H3,(H2,21,22,25). The van der Waals surface area contributed by atoms with Crippen LogP contribution in [0.5, 0.6) is 0 Å². The van der Waals surface area contributed by atoms with E-state index in [1.165, 1.54) is 13.0 Å². The van der Waals surface area contributed by atoms with Gasteiger partial charge in [0.15, 0.2) is 0 Å². The van der Waals surface area contributed by atoms with Crippen molar-refractivity contribution in [1.29, 1.82) is 0 Å². The van der Waals surface area contributed by atoms with Gasteiger partial charge in [0, 0.05) is 42.2 Å². The number of likely N-dealkylation sites (tertiary alicyclic amines) is 1. The molecule has 1 aliphatic carbocycles. The van der Waals surface area contributed by atoms with E-state index in [1.807, 2.05) is 13.8 Å². The topological polar surface area (TPSA) is 61.4 Å². The summed E-state index contributed by atoms with van der Waals surface area (Å²) in [5.74, 6) is -0.853. The zero-order chi connectivity index (χ0) is 18.8. The van der Waals surface area contributed by atoms with Crippen LogP contribution in [0.1, 0.15) is 33.6 Å². The smallest absolute Gasteiger partial charge is 0.342 e. The molecule has 1 fully saturated rings. The van der Waals surface area contributed by atoms with Crippen molar-refractivity contribution < 1.29 is 22.8 Å². The van der Waals surface area contributed by atoms with Gasteiger partial charge in [-0.3, -0.25) is 4.79 Å². The van der Waals surface area contributed by atoms with E-state index in [1.54, 1.807) is 4.90 Å². The van der Waals surface area contributed by atoms with E-state index in [4.69, 9.17) is 0 Å². The Morgan fingerprint density at radius 2 is 1.80 bits per heavy atom. The van der Waals surface area contributed by atoms with Crippen LogP contribution in [-0.2, 0) is 4.79 Å². The first kappa shape index (κ1) is 19.3. The highest BCUT2D eigenvalue weighted by atomic mass is 19.4. The number of hydrogen-bond acceptors (Lipinski definition) is 2. The highest BCUT2D eigenvalue weighted by Crippen LogP contribution is 2.37. The van der Waals surface area contributed by atoms with E-state index >= 15 is 0 Å². The highest BCUT2D eigenvalue weighted by Gasteiger charge is 2.40. The lowest BCUT2D eigenvalue weighted by atomic mass is 10.0. The molecule has 0 aromatic heterocycles. The summed E-state index contributed by atoms with van der Waals surface area (Å²) in [6, 6.07) is -0.605. The van der Waals surface area contributed by atoms with Crippen LogP contribution < -0.4 is 10.6 Å². The van der Waals surface area contributed by atoms with E-state index < -0.39 is 23.7 Å². The van der Waals surface area contributed by atoms with Crippen LogP contribution in [-0.4, -0.2) is 42.1 Å². The molecule has 5 nitrogen and oxygen atoms in total. The number of alkyl halides is 3. The van der Waals surface area contributed by atoms with Gasteiger partial charge in [0.25, 0.3) is 0 Å². The lowest BCUT2D eigenvalue weighted by Crippen LogP contribution is -2.49. The van der Waals surface area contributed by atoms with Crippen molar-refractivity contribution in [2.45, 2.75) is 45.8 Å². The van der Waals surface area contributed by atoms with E-state index in [9.17, 15) is 22.8 Å². The predicted octanol–water partition coefficient (Wildman–Crippen LogP) is 2.95. The van der Waals surface area contributed by atoms with E-state index in [0.717, 1.165) is 6.08 Å². The Hall–Kier alpha value is -1.99. The Balaban J connectivity index is 1.78. The molecule has 1 heterocycles. The van der Waals surface area contributed by atoms with Gasteiger partial charge < -0.3 is 15.5 Å². The number of piperidine rings is 1. The van der Waals surface area contributed by atoms with E-state index in [-0.39, 0.29) is 23.6 Å². The van der Waals surface area contributed by atoms with Crippen LogP contribution in [0.2, 0.25) is 0 Å². The minimum absolute atomic E-state index is 0.0565. The second-order valence-corrected chi connectivity index (χ2v) is 6.82. The number of carbonyl (C=O) groups excluding carboxylic acids is 2. The van der Waals surface area contributed by atoms with Crippen molar-refractivity contribution in [2.24, 2.45) is 11.8 Å². The molecule has 0 spiro atoms. The van der Waals surface area contributed by atoms with Crippen LogP contribution in [0.25, 0.3) is 0 Å². The second-order valence-electron chi connectivity index (χ2n) is 6.82. The van der Waals surface area contributed by atoms with Gasteiger partial charge in [-0.15, -0.1) is 0 Å². The summed E-state index contributed by atoms with van der Waals surface area (Å²) in [5, 5.41) is 5.28. The summed E-state index contributed by atoms with van der Waals surface area (Å²) in [4.78, 5) is 25.8. The lowest BCUT2D eigenvalue weighted by Gasteiger charge is -2.33. The number of nitrogens with zero attached hydrogens (tertiary/aromatic N) is 1. The number of amides is 3. The number of rotatable bonds is 3. The van der Waals surface area contributed by atoms with Gasteiger partial charge in [-0.2, -0.15) is 13.2 Å². The average molecular weight is 359 g/mol. The molecule has 0 aromatic carbocycles. The molecule has 1 saturated heterocycles. The molecule has 25 heavy (non-hydrogen) atoms. The molecule has 140 valence electrons. The van der Waals surface area contributed by atoms with Crippen LogP contribution in [0.15, 0.2) is 23.4 Å². The van der Waals surface area contributed by atoms with Crippen molar-refractivity contribution in [2.75, 3.05) is 13.1 Å². The number of hydrogen-bond donors (Lipinski definition) is 2. The molecular weight excluding hydrogens is 335 g/mol. The molecule has 2 N–H and O–H groups in total. The van der Waals surface area contributed by atoms with Gasteiger partial charge in [-0.05, 0) is 18.9 Å². The summed E-state index contributed by atoms with van der Waals surface area (Å²) in [5.41, 5.74) is -0.430. The highest BCUT2D eigenvalue weighted by molar-refractivity contribution is 5.78. The van der Waals surface area contributed by atoms with Crippen LogP contribution in [0, 0.1) is 11.8 Å². The number of allylic oxidation sites excluding steroid dienone is 3. The number of carbonyl (C=O) groups is 2. The molecule has 2 aliphatic rings. The second kappa shape index (κ2) is 7.49. The zero-order valence-electron chi connectivity index (χ0n) is 14.6. The molecule has 2 rings (SSSR count). The van der Waals surface area contributed by atoms with Crippen molar-refractivity contribution in [3.63, 3.8) is 0 Å². The summed E-state index contributed by atoms with van der Waals surface area (Å²) in [7, 11) is 0. The van der Waals surface area contributed by atoms with Gasteiger partial charge in [-0.1, -0.05) is 26.8 Å². The van der Waals surface area contributed by atoms with Gasteiger partial charge >= 0.3 is 12.2 Å². The molecule has 1 atom stereocenters. The molecule has 0 saturated carbocycles. The summed E-state index contributed by atoms with van der Waals surface area (Å²) in [6.45, 7) is 6.25. The van der Waals surface area contributed by atoms with Crippen LogP contribution >= 0.6 is 0 Å². The fourth-order valence-corrected chi connectivity index (χ4v) is 3.09. The first-order valence-electron chi connectivity index (χ1n) is 8.45. The molecule has 8 heteroatoms. The van der Waals surface area contributed by atoms with Gasteiger partial charge in [0.2, 0.25) is 5.91 Å². The van der Waals surface area contributed by atoms with E-state index in [0.29, 0.717) is 25.9 Å². The quantitative estimate of drug-likeness (QED) is 0.814. The number of urea groups is 1. The number of nitrogens with one attached hydrogen (secondary N) is 2.